The molecule has 0 unspecified atom stereocenters. The lowest BCUT2D eigenvalue weighted by Crippen LogP contribution is -2.31. The van der Waals surface area contributed by atoms with Crippen molar-refractivity contribution >= 4 is 29.1 Å². The predicted octanol–water partition coefficient (Wildman–Crippen LogP) is 6.08. The first kappa shape index (κ1) is 22.8. The zero-order valence-electron chi connectivity index (χ0n) is 18.3. The van der Waals surface area contributed by atoms with E-state index >= 15 is 0 Å². The van der Waals surface area contributed by atoms with E-state index in [1.54, 1.807) is 48.9 Å². The monoisotopic (exact) mass is 503 g/mol. The molecule has 1 amide bonds. The Hall–Kier alpha value is -3.94. The third kappa shape index (κ3) is 5.26. The molecule has 9 heteroatoms. The number of benzene rings is 3. The van der Waals surface area contributed by atoms with E-state index in [1.807, 2.05) is 47.2 Å². The summed E-state index contributed by atoms with van der Waals surface area (Å²) in [5.41, 5.74) is 2.80. The van der Waals surface area contributed by atoms with Crippen LogP contribution in [-0.2, 0) is 6.54 Å². The summed E-state index contributed by atoms with van der Waals surface area (Å²) in [5, 5.41) is 12.3. The van der Waals surface area contributed by atoms with Gasteiger partial charge >= 0.3 is 0 Å². The second kappa shape index (κ2) is 10.1. The molecule has 2 heterocycles. The van der Waals surface area contributed by atoms with Gasteiger partial charge in [0.25, 0.3) is 5.91 Å². The van der Waals surface area contributed by atoms with Crippen molar-refractivity contribution in [3.63, 3.8) is 0 Å². The highest BCUT2D eigenvalue weighted by atomic mass is 35.5. The minimum absolute atomic E-state index is 0.247. The van der Waals surface area contributed by atoms with Gasteiger partial charge in [-0.15, -0.1) is 10.2 Å². The number of carbonyl (C=O) groups excluding carboxylic acids is 1. The summed E-state index contributed by atoms with van der Waals surface area (Å²) in [6, 6.07) is 21.3. The van der Waals surface area contributed by atoms with E-state index in [4.69, 9.17) is 27.6 Å². The fraction of sp³-hybridized carbons (Fsp3) is 0.0769. The van der Waals surface area contributed by atoms with Gasteiger partial charge in [0.1, 0.15) is 0 Å². The Balaban J connectivity index is 1.34. The molecule has 2 aromatic heterocycles. The van der Waals surface area contributed by atoms with Crippen LogP contribution in [0.5, 0.6) is 0 Å². The van der Waals surface area contributed by atoms with Gasteiger partial charge in [-0.3, -0.25) is 4.79 Å². The standard InChI is InChI=1S/C26H19Cl2N5O2/c27-20-10-11-21(22(28)14-20)23(15-33-13-12-29-16-33)30-24(34)17-6-8-19(9-7-17)26-32-31-25(35-26)18-4-2-1-3-5-18/h1-14,16,23H,15H2,(H,30,34)/t23-/m1/s1. The smallest absolute Gasteiger partial charge is 0.251 e. The van der Waals surface area contributed by atoms with Crippen LogP contribution in [0, 0.1) is 0 Å². The van der Waals surface area contributed by atoms with Crippen LogP contribution in [-0.4, -0.2) is 25.7 Å². The van der Waals surface area contributed by atoms with Crippen LogP contribution in [0.3, 0.4) is 0 Å². The fourth-order valence-corrected chi connectivity index (χ4v) is 4.19. The van der Waals surface area contributed by atoms with Crippen LogP contribution in [0.25, 0.3) is 22.9 Å². The summed E-state index contributed by atoms with van der Waals surface area (Å²) >= 11 is 12.5. The minimum Gasteiger partial charge on any atom is -0.416 e. The second-order valence-corrected chi connectivity index (χ2v) is 8.65. The van der Waals surface area contributed by atoms with E-state index in [0.29, 0.717) is 39.5 Å². The molecule has 174 valence electrons. The summed E-state index contributed by atoms with van der Waals surface area (Å²) < 4.78 is 7.68. The molecule has 7 nitrogen and oxygen atoms in total. The van der Waals surface area contributed by atoms with Gasteiger partial charge in [0.05, 0.1) is 12.4 Å². The first-order valence-corrected chi connectivity index (χ1v) is 11.5. The van der Waals surface area contributed by atoms with Crippen molar-refractivity contribution in [2.45, 2.75) is 12.6 Å². The van der Waals surface area contributed by atoms with Crippen molar-refractivity contribution in [3.8, 4) is 22.9 Å². The Morgan fingerprint density at radius 3 is 2.31 bits per heavy atom. The number of rotatable bonds is 7. The highest BCUT2D eigenvalue weighted by molar-refractivity contribution is 6.35. The molecule has 0 saturated carbocycles. The Labute approximate surface area is 211 Å². The molecule has 35 heavy (non-hydrogen) atoms. The number of carbonyl (C=O) groups is 1. The van der Waals surface area contributed by atoms with Gasteiger partial charge in [-0.2, -0.15) is 0 Å². The lowest BCUT2D eigenvalue weighted by atomic mass is 10.1. The average Bonchev–Trinajstić information content (AvgIpc) is 3.57. The van der Waals surface area contributed by atoms with Crippen LogP contribution >= 0.6 is 23.2 Å². The SMILES string of the molecule is O=C(N[C@H](Cn1ccnc1)c1ccc(Cl)cc1Cl)c1ccc(-c2nnc(-c3ccccc3)o2)cc1. The van der Waals surface area contributed by atoms with Crippen molar-refractivity contribution in [2.75, 3.05) is 0 Å². The van der Waals surface area contributed by atoms with Gasteiger partial charge in [0.2, 0.25) is 11.8 Å². The highest BCUT2D eigenvalue weighted by Crippen LogP contribution is 2.28. The van der Waals surface area contributed by atoms with Crippen LogP contribution in [0.15, 0.2) is 95.9 Å². The average molecular weight is 504 g/mol. The van der Waals surface area contributed by atoms with Crippen LogP contribution < -0.4 is 5.32 Å². The molecule has 1 N–H and O–H groups in total. The number of amides is 1. The van der Waals surface area contributed by atoms with Crippen LogP contribution in [0.2, 0.25) is 10.0 Å². The summed E-state index contributed by atoms with van der Waals surface area (Å²) in [6.07, 6.45) is 5.19. The first-order valence-electron chi connectivity index (χ1n) is 10.8. The van der Waals surface area contributed by atoms with Gasteiger partial charge in [-0.1, -0.05) is 47.5 Å². The predicted molar refractivity (Wildman–Crippen MR) is 134 cm³/mol. The quantitative estimate of drug-likeness (QED) is 0.291. The third-order valence-corrected chi connectivity index (χ3v) is 6.00. The molecule has 5 rings (SSSR count). The van der Waals surface area contributed by atoms with Gasteiger partial charge in [0.15, 0.2) is 0 Å². The molecule has 0 aliphatic heterocycles. The summed E-state index contributed by atoms with van der Waals surface area (Å²) in [7, 11) is 0. The molecule has 0 saturated heterocycles. The number of hydrogen-bond donors (Lipinski definition) is 1. The van der Waals surface area contributed by atoms with Gasteiger partial charge in [-0.25, -0.2) is 4.98 Å². The van der Waals surface area contributed by atoms with Gasteiger partial charge < -0.3 is 14.3 Å². The van der Waals surface area contributed by atoms with Gasteiger partial charge in [0, 0.05) is 45.7 Å². The summed E-state index contributed by atoms with van der Waals surface area (Å²) in [4.78, 5) is 17.2. The van der Waals surface area contributed by atoms with Crippen molar-refractivity contribution in [1.82, 2.24) is 25.1 Å². The molecule has 0 aliphatic rings. The molecule has 0 bridgehead atoms. The van der Waals surface area contributed by atoms with Crippen LogP contribution in [0.4, 0.5) is 0 Å². The van der Waals surface area contributed by atoms with E-state index < -0.39 is 6.04 Å². The lowest BCUT2D eigenvalue weighted by molar-refractivity contribution is 0.0932. The topological polar surface area (TPSA) is 85.8 Å². The van der Waals surface area contributed by atoms with Crippen molar-refractivity contribution < 1.29 is 9.21 Å². The van der Waals surface area contributed by atoms with E-state index in [1.165, 1.54) is 0 Å². The van der Waals surface area contributed by atoms with E-state index in [9.17, 15) is 4.79 Å². The van der Waals surface area contributed by atoms with E-state index in [-0.39, 0.29) is 5.91 Å². The Morgan fingerprint density at radius 1 is 0.943 bits per heavy atom. The van der Waals surface area contributed by atoms with Crippen LogP contribution in [0.1, 0.15) is 22.0 Å². The fourth-order valence-electron chi connectivity index (χ4n) is 3.65. The number of aromatic nitrogens is 4. The van der Waals surface area contributed by atoms with E-state index in [0.717, 1.165) is 11.1 Å². The molecule has 0 radical (unpaired) electrons. The normalized spacial score (nSPS) is 11.8. The maximum atomic E-state index is 13.1. The first-order chi connectivity index (χ1) is 17.1. The molecule has 0 aliphatic carbocycles. The number of nitrogens with one attached hydrogen (secondary N) is 1. The van der Waals surface area contributed by atoms with E-state index in [2.05, 4.69) is 20.5 Å². The minimum atomic E-state index is -0.398. The molecular formula is C26H19Cl2N5O2. The largest absolute Gasteiger partial charge is 0.416 e. The van der Waals surface area contributed by atoms with Gasteiger partial charge in [-0.05, 0) is 54.1 Å². The number of nitrogens with zero attached hydrogens (tertiary/aromatic N) is 4. The Morgan fingerprint density at radius 2 is 1.66 bits per heavy atom. The summed E-state index contributed by atoms with van der Waals surface area (Å²) in [6.45, 7) is 0.454. The number of imidazole rings is 1. The Bertz CT molecular complexity index is 1430. The number of hydrogen-bond acceptors (Lipinski definition) is 5. The molecule has 5 aromatic rings. The number of halogens is 2. The molecular weight excluding hydrogens is 485 g/mol. The Kier molecular flexibility index (Phi) is 6.61. The second-order valence-electron chi connectivity index (χ2n) is 7.81. The zero-order chi connectivity index (χ0) is 24.2. The highest BCUT2D eigenvalue weighted by Gasteiger charge is 2.20. The van der Waals surface area contributed by atoms with Crippen molar-refractivity contribution in [2.24, 2.45) is 0 Å². The summed E-state index contributed by atoms with van der Waals surface area (Å²) in [5.74, 6) is 0.564. The molecule has 0 spiro atoms. The maximum Gasteiger partial charge on any atom is 0.251 e. The molecule has 3 aromatic carbocycles. The zero-order valence-corrected chi connectivity index (χ0v) is 19.8. The molecule has 0 fully saturated rings. The van der Waals surface area contributed by atoms with Crippen molar-refractivity contribution in [1.29, 1.82) is 0 Å². The third-order valence-electron chi connectivity index (χ3n) is 5.44. The van der Waals surface area contributed by atoms with Crippen molar-refractivity contribution in [3.05, 3.63) is 113 Å². The maximum absolute atomic E-state index is 13.1. The lowest BCUT2D eigenvalue weighted by Gasteiger charge is -2.21. The molecule has 1 atom stereocenters.